The number of hydrogen-bond donors (Lipinski definition) is 0. The average Bonchev–Trinajstić information content (AvgIpc) is 2.76. The molecule has 0 aromatic heterocycles. The maximum Gasteiger partial charge on any atom is 0.253 e. The average molecular weight is 285 g/mol. The van der Waals surface area contributed by atoms with Gasteiger partial charge in [0.1, 0.15) is 0 Å². The summed E-state index contributed by atoms with van der Waals surface area (Å²) in [4.78, 5) is 23.6. The molecule has 0 atom stereocenters. The van der Waals surface area contributed by atoms with Crippen molar-refractivity contribution in [2.45, 2.75) is 19.8 Å². The molecule has 0 unspecified atom stereocenters. The fourth-order valence-corrected chi connectivity index (χ4v) is 1.60. The smallest absolute Gasteiger partial charge is 0.253 e. The Kier molecular flexibility index (Phi) is 8.86. The monoisotopic (exact) mass is 285 g/mol. The van der Waals surface area contributed by atoms with Crippen molar-refractivity contribution in [1.29, 1.82) is 0 Å². The van der Waals surface area contributed by atoms with Crippen molar-refractivity contribution < 1.29 is 23.8 Å². The summed E-state index contributed by atoms with van der Waals surface area (Å²) in [6.45, 7) is 5.59. The van der Waals surface area contributed by atoms with Gasteiger partial charge in [0.15, 0.2) is 0 Å². The normalized spacial score (nSPS) is 14.6. The minimum absolute atomic E-state index is 0.279. The van der Waals surface area contributed by atoms with Crippen LogP contribution in [0.25, 0.3) is 0 Å². The van der Waals surface area contributed by atoms with E-state index < -0.39 is 0 Å². The highest BCUT2D eigenvalue weighted by Crippen LogP contribution is 2.02. The Balaban J connectivity index is 1.83. The molecule has 0 N–H and O–H groups in total. The summed E-state index contributed by atoms with van der Waals surface area (Å²) < 4.78 is 16.0. The van der Waals surface area contributed by atoms with Crippen LogP contribution in [0.4, 0.5) is 0 Å². The maximum atomic E-state index is 11.2. The molecule has 6 nitrogen and oxygen atoms in total. The van der Waals surface area contributed by atoms with Gasteiger partial charge in [-0.2, -0.15) is 0 Å². The lowest BCUT2D eigenvalue weighted by Crippen LogP contribution is -2.33. The molecule has 0 spiro atoms. The van der Waals surface area contributed by atoms with E-state index in [1.165, 1.54) is 12.2 Å². The molecule has 0 radical (unpaired) electrons. The highest BCUT2D eigenvalue weighted by Gasteiger charge is 2.22. The second-order valence-corrected chi connectivity index (χ2v) is 4.35. The molecule has 0 aliphatic carbocycles. The van der Waals surface area contributed by atoms with Gasteiger partial charge in [0.2, 0.25) is 0 Å². The number of unbranched alkanes of at least 4 members (excludes halogenated alkanes) is 1. The van der Waals surface area contributed by atoms with Crippen LogP contribution < -0.4 is 0 Å². The molecular formula is C14H23NO5. The first kappa shape index (κ1) is 16.8. The Morgan fingerprint density at radius 2 is 1.35 bits per heavy atom. The minimum Gasteiger partial charge on any atom is -0.379 e. The quantitative estimate of drug-likeness (QED) is 0.391. The van der Waals surface area contributed by atoms with Crippen molar-refractivity contribution >= 4 is 11.8 Å². The molecular weight excluding hydrogens is 262 g/mol. The third-order valence-corrected chi connectivity index (χ3v) is 2.75. The van der Waals surface area contributed by atoms with Gasteiger partial charge in [-0.15, -0.1) is 0 Å². The summed E-state index contributed by atoms with van der Waals surface area (Å²) in [7, 11) is 0. The maximum absolute atomic E-state index is 11.2. The Hall–Kier alpha value is -1.24. The van der Waals surface area contributed by atoms with E-state index in [2.05, 4.69) is 6.92 Å². The van der Waals surface area contributed by atoms with E-state index in [4.69, 9.17) is 14.2 Å². The standard InChI is InChI=1S/C14H23NO5/c1-2-3-7-18-9-11-20-12-10-19-8-6-15-13(16)4-5-14(15)17/h4-5H,2-3,6-12H2,1H3. The zero-order valence-corrected chi connectivity index (χ0v) is 12.0. The molecule has 0 saturated heterocycles. The fourth-order valence-electron chi connectivity index (χ4n) is 1.60. The van der Waals surface area contributed by atoms with Crippen molar-refractivity contribution in [2.24, 2.45) is 0 Å². The number of rotatable bonds is 12. The molecule has 2 amide bonds. The number of hydrogen-bond acceptors (Lipinski definition) is 5. The van der Waals surface area contributed by atoms with Gasteiger partial charge in [-0.3, -0.25) is 14.5 Å². The van der Waals surface area contributed by atoms with Crippen LogP contribution >= 0.6 is 0 Å². The number of imide groups is 1. The Bertz CT molecular complexity index is 312. The zero-order valence-electron chi connectivity index (χ0n) is 12.0. The molecule has 1 aliphatic heterocycles. The summed E-state index contributed by atoms with van der Waals surface area (Å²) in [5.74, 6) is -0.557. The molecule has 0 aromatic carbocycles. The first-order valence-corrected chi connectivity index (χ1v) is 7.02. The largest absolute Gasteiger partial charge is 0.379 e. The van der Waals surface area contributed by atoms with Crippen LogP contribution in [-0.4, -0.2) is 62.9 Å². The Morgan fingerprint density at radius 3 is 1.90 bits per heavy atom. The summed E-state index contributed by atoms with van der Waals surface area (Å²) in [5.41, 5.74) is 0. The topological polar surface area (TPSA) is 65.1 Å². The van der Waals surface area contributed by atoms with Gasteiger partial charge in [0, 0.05) is 18.8 Å². The van der Waals surface area contributed by atoms with Crippen molar-refractivity contribution in [3.05, 3.63) is 12.2 Å². The van der Waals surface area contributed by atoms with Crippen LogP contribution in [-0.2, 0) is 23.8 Å². The van der Waals surface area contributed by atoms with Crippen LogP contribution in [0.5, 0.6) is 0 Å². The van der Waals surface area contributed by atoms with Crippen LogP contribution in [0.1, 0.15) is 19.8 Å². The van der Waals surface area contributed by atoms with Gasteiger partial charge in [-0.25, -0.2) is 0 Å². The molecule has 114 valence electrons. The van der Waals surface area contributed by atoms with Gasteiger partial charge in [0.25, 0.3) is 11.8 Å². The van der Waals surface area contributed by atoms with Gasteiger partial charge >= 0.3 is 0 Å². The fraction of sp³-hybridized carbons (Fsp3) is 0.714. The van der Waals surface area contributed by atoms with E-state index in [0.717, 1.165) is 24.3 Å². The number of nitrogens with zero attached hydrogens (tertiary/aromatic N) is 1. The molecule has 0 aromatic rings. The van der Waals surface area contributed by atoms with E-state index in [0.29, 0.717) is 33.0 Å². The summed E-state index contributed by atoms with van der Waals surface area (Å²) in [6.07, 6.45) is 4.74. The van der Waals surface area contributed by atoms with Gasteiger partial charge in [-0.05, 0) is 6.42 Å². The third kappa shape index (κ3) is 6.79. The molecule has 0 saturated carbocycles. The van der Waals surface area contributed by atoms with Crippen LogP contribution in [0, 0.1) is 0 Å². The lowest BCUT2D eigenvalue weighted by Gasteiger charge is -2.13. The number of carbonyl (C=O) groups excluding carboxylic acids is 2. The summed E-state index contributed by atoms with van der Waals surface area (Å²) in [5, 5.41) is 0. The zero-order chi connectivity index (χ0) is 14.6. The van der Waals surface area contributed by atoms with Crippen molar-refractivity contribution in [3.63, 3.8) is 0 Å². The second-order valence-electron chi connectivity index (χ2n) is 4.35. The summed E-state index contributed by atoms with van der Waals surface area (Å²) in [6, 6.07) is 0. The molecule has 0 bridgehead atoms. The molecule has 1 rings (SSSR count). The first-order valence-electron chi connectivity index (χ1n) is 7.02. The lowest BCUT2D eigenvalue weighted by atomic mass is 10.4. The minimum atomic E-state index is -0.279. The number of amides is 2. The van der Waals surface area contributed by atoms with Crippen LogP contribution in [0.2, 0.25) is 0 Å². The predicted octanol–water partition coefficient (Wildman–Crippen LogP) is 0.761. The van der Waals surface area contributed by atoms with Crippen molar-refractivity contribution in [3.8, 4) is 0 Å². The SMILES string of the molecule is CCCCOCCOCCOCCN1C(=O)C=CC1=O. The van der Waals surface area contributed by atoms with Crippen LogP contribution in [0.3, 0.4) is 0 Å². The number of carbonyl (C=O) groups is 2. The van der Waals surface area contributed by atoms with Crippen molar-refractivity contribution in [2.75, 3.05) is 46.2 Å². The molecule has 6 heteroatoms. The van der Waals surface area contributed by atoms with Gasteiger partial charge in [-0.1, -0.05) is 13.3 Å². The van der Waals surface area contributed by atoms with E-state index in [1.54, 1.807) is 0 Å². The van der Waals surface area contributed by atoms with Gasteiger partial charge < -0.3 is 14.2 Å². The van der Waals surface area contributed by atoms with E-state index in [9.17, 15) is 9.59 Å². The molecule has 20 heavy (non-hydrogen) atoms. The Labute approximate surface area is 119 Å². The molecule has 1 aliphatic rings. The van der Waals surface area contributed by atoms with Gasteiger partial charge in [0.05, 0.1) is 39.6 Å². The highest BCUT2D eigenvalue weighted by molar-refractivity contribution is 6.12. The molecule has 0 fully saturated rings. The van der Waals surface area contributed by atoms with E-state index >= 15 is 0 Å². The lowest BCUT2D eigenvalue weighted by molar-refractivity contribution is -0.137. The predicted molar refractivity (Wildman–Crippen MR) is 73.2 cm³/mol. The van der Waals surface area contributed by atoms with Crippen LogP contribution in [0.15, 0.2) is 12.2 Å². The van der Waals surface area contributed by atoms with E-state index in [-0.39, 0.29) is 18.4 Å². The highest BCUT2D eigenvalue weighted by atomic mass is 16.5. The molecule has 1 heterocycles. The first-order chi connectivity index (χ1) is 9.75. The summed E-state index contributed by atoms with van der Waals surface area (Å²) >= 11 is 0. The Morgan fingerprint density at radius 1 is 0.850 bits per heavy atom. The number of ether oxygens (including phenoxy) is 3. The second kappa shape index (κ2) is 10.5. The van der Waals surface area contributed by atoms with Crippen molar-refractivity contribution in [1.82, 2.24) is 4.90 Å². The van der Waals surface area contributed by atoms with E-state index in [1.807, 2.05) is 0 Å². The third-order valence-electron chi connectivity index (χ3n) is 2.75.